The number of nitrogens with zero attached hydrogens (tertiary/aromatic N) is 2. The van der Waals surface area contributed by atoms with Crippen molar-refractivity contribution in [3.63, 3.8) is 0 Å². The molecule has 1 aliphatic heterocycles. The second kappa shape index (κ2) is 4.64. The first-order chi connectivity index (χ1) is 8.87. The van der Waals surface area contributed by atoms with Gasteiger partial charge in [0.15, 0.2) is 0 Å². The zero-order chi connectivity index (χ0) is 14.2. The second-order valence-electron chi connectivity index (χ2n) is 5.27. The summed E-state index contributed by atoms with van der Waals surface area (Å²) in [6.45, 7) is 4.67. The summed E-state index contributed by atoms with van der Waals surface area (Å²) in [5, 5.41) is 0. The molecule has 1 amide bonds. The van der Waals surface area contributed by atoms with Crippen LogP contribution in [0.25, 0.3) is 0 Å². The van der Waals surface area contributed by atoms with E-state index in [1.807, 2.05) is 0 Å². The highest BCUT2D eigenvalue weighted by atomic mass is 19.1. The van der Waals surface area contributed by atoms with Crippen molar-refractivity contribution >= 4 is 17.9 Å². The van der Waals surface area contributed by atoms with Crippen molar-refractivity contribution < 1.29 is 14.0 Å². The number of likely N-dealkylation sites (N-methyl/N-ethyl adjacent to an activating group) is 1. The first kappa shape index (κ1) is 13.5. The monoisotopic (exact) mass is 264 g/mol. The molecule has 1 aromatic carbocycles. The fraction of sp³-hybridized carbons (Fsp3) is 0.429. The average molecular weight is 264 g/mol. The van der Waals surface area contributed by atoms with Crippen LogP contribution in [-0.2, 0) is 4.79 Å². The highest BCUT2D eigenvalue weighted by Gasteiger charge is 2.41. The number of rotatable bonds is 2. The number of amides is 1. The predicted molar refractivity (Wildman–Crippen MR) is 70.8 cm³/mol. The Bertz CT molecular complexity index is 528. The van der Waals surface area contributed by atoms with Gasteiger partial charge in [-0.05, 0) is 32.0 Å². The first-order valence-electron chi connectivity index (χ1n) is 6.16. The summed E-state index contributed by atoms with van der Waals surface area (Å²) in [4.78, 5) is 26.2. The number of anilines is 1. The molecule has 0 aromatic heterocycles. The molecule has 0 unspecified atom stereocenters. The van der Waals surface area contributed by atoms with E-state index in [2.05, 4.69) is 0 Å². The third kappa shape index (κ3) is 2.20. The lowest BCUT2D eigenvalue weighted by Gasteiger charge is -2.46. The minimum Gasteiger partial charge on any atom is -0.353 e. The van der Waals surface area contributed by atoms with E-state index >= 15 is 0 Å². The Morgan fingerprint density at radius 2 is 2.00 bits per heavy atom. The lowest BCUT2D eigenvalue weighted by Crippen LogP contribution is -2.62. The molecule has 0 atom stereocenters. The Morgan fingerprint density at radius 3 is 2.58 bits per heavy atom. The summed E-state index contributed by atoms with van der Waals surface area (Å²) in [6, 6.07) is 4.31. The van der Waals surface area contributed by atoms with Gasteiger partial charge >= 0.3 is 0 Å². The summed E-state index contributed by atoms with van der Waals surface area (Å²) < 4.78 is 14.1. The molecule has 0 saturated carbocycles. The smallest absolute Gasteiger partial charge is 0.247 e. The maximum atomic E-state index is 14.1. The fourth-order valence-electron chi connectivity index (χ4n) is 2.45. The molecule has 5 heteroatoms. The fourth-order valence-corrected chi connectivity index (χ4v) is 2.45. The largest absolute Gasteiger partial charge is 0.353 e. The van der Waals surface area contributed by atoms with Gasteiger partial charge in [-0.25, -0.2) is 4.39 Å². The molecule has 0 radical (unpaired) electrons. The van der Waals surface area contributed by atoms with E-state index < -0.39 is 11.4 Å². The first-order valence-corrected chi connectivity index (χ1v) is 6.16. The Hall–Kier alpha value is -1.91. The Morgan fingerprint density at radius 1 is 1.32 bits per heavy atom. The summed E-state index contributed by atoms with van der Waals surface area (Å²) >= 11 is 0. The minimum atomic E-state index is -0.795. The standard InChI is InChI=1S/C14H17FN2O2/c1-14(2)13(19)16(3)6-7-17(14)12-5-4-10(9-18)8-11(12)15/h4-5,8-9H,6-7H2,1-3H3. The normalized spacial score (nSPS) is 18.6. The lowest BCUT2D eigenvalue weighted by atomic mass is 9.96. The predicted octanol–water partition coefficient (Wildman–Crippen LogP) is 1.70. The van der Waals surface area contributed by atoms with Crippen molar-refractivity contribution in [3.05, 3.63) is 29.6 Å². The quantitative estimate of drug-likeness (QED) is 0.763. The average Bonchev–Trinajstić information content (AvgIpc) is 2.37. The van der Waals surface area contributed by atoms with Crippen LogP contribution in [0.3, 0.4) is 0 Å². The van der Waals surface area contributed by atoms with Gasteiger partial charge in [-0.15, -0.1) is 0 Å². The highest BCUT2D eigenvalue weighted by molar-refractivity contribution is 5.90. The van der Waals surface area contributed by atoms with Gasteiger partial charge in [0.25, 0.3) is 0 Å². The van der Waals surface area contributed by atoms with Crippen molar-refractivity contribution in [3.8, 4) is 0 Å². The van der Waals surface area contributed by atoms with Crippen LogP contribution >= 0.6 is 0 Å². The summed E-state index contributed by atoms with van der Waals surface area (Å²) in [6.07, 6.45) is 0.604. The SMILES string of the molecule is CN1CCN(c2ccc(C=O)cc2F)C(C)(C)C1=O. The summed E-state index contributed by atoms with van der Waals surface area (Å²) in [5.41, 5.74) is -0.146. The van der Waals surface area contributed by atoms with E-state index in [0.29, 0.717) is 30.6 Å². The number of hydrogen-bond acceptors (Lipinski definition) is 3. The zero-order valence-corrected chi connectivity index (χ0v) is 11.3. The molecule has 1 aromatic rings. The topological polar surface area (TPSA) is 40.6 Å². The third-order valence-electron chi connectivity index (χ3n) is 3.60. The number of piperazine rings is 1. The number of carbonyl (C=O) groups excluding carboxylic acids is 2. The van der Waals surface area contributed by atoms with Gasteiger partial charge in [0.05, 0.1) is 5.69 Å². The Balaban J connectivity index is 2.41. The van der Waals surface area contributed by atoms with E-state index in [1.54, 1.807) is 42.8 Å². The molecule has 1 aliphatic rings. The molecule has 4 nitrogen and oxygen atoms in total. The van der Waals surface area contributed by atoms with Crippen LogP contribution in [0, 0.1) is 5.82 Å². The zero-order valence-electron chi connectivity index (χ0n) is 11.3. The number of carbonyl (C=O) groups is 2. The molecular formula is C14H17FN2O2. The minimum absolute atomic E-state index is 0.0439. The van der Waals surface area contributed by atoms with Crippen LogP contribution in [-0.4, -0.2) is 42.8 Å². The van der Waals surface area contributed by atoms with Crippen molar-refractivity contribution in [2.24, 2.45) is 0 Å². The number of benzene rings is 1. The number of halogens is 1. The van der Waals surface area contributed by atoms with Crippen LogP contribution in [0.5, 0.6) is 0 Å². The second-order valence-corrected chi connectivity index (χ2v) is 5.27. The number of hydrogen-bond donors (Lipinski definition) is 0. The van der Waals surface area contributed by atoms with Crippen LogP contribution in [0.4, 0.5) is 10.1 Å². The maximum absolute atomic E-state index is 14.1. The van der Waals surface area contributed by atoms with Gasteiger partial charge < -0.3 is 9.80 Å². The van der Waals surface area contributed by atoms with Crippen molar-refractivity contribution in [2.45, 2.75) is 19.4 Å². The van der Waals surface area contributed by atoms with Gasteiger partial charge in [-0.2, -0.15) is 0 Å². The van der Waals surface area contributed by atoms with Crippen molar-refractivity contribution in [2.75, 3.05) is 25.0 Å². The third-order valence-corrected chi connectivity index (χ3v) is 3.60. The molecular weight excluding hydrogens is 247 g/mol. The molecule has 0 aliphatic carbocycles. The van der Waals surface area contributed by atoms with Crippen LogP contribution in [0.2, 0.25) is 0 Å². The van der Waals surface area contributed by atoms with Gasteiger partial charge in [0.1, 0.15) is 17.6 Å². The van der Waals surface area contributed by atoms with Crippen molar-refractivity contribution in [1.82, 2.24) is 4.90 Å². The molecule has 2 rings (SSSR count). The van der Waals surface area contributed by atoms with Crippen LogP contribution in [0.15, 0.2) is 18.2 Å². The molecule has 1 saturated heterocycles. The van der Waals surface area contributed by atoms with Gasteiger partial charge in [0, 0.05) is 25.7 Å². The Kier molecular flexibility index (Phi) is 3.30. The van der Waals surface area contributed by atoms with Gasteiger partial charge in [-0.3, -0.25) is 9.59 Å². The van der Waals surface area contributed by atoms with Crippen molar-refractivity contribution in [1.29, 1.82) is 0 Å². The molecule has 102 valence electrons. The molecule has 1 fully saturated rings. The van der Waals surface area contributed by atoms with Gasteiger partial charge in [-0.1, -0.05) is 0 Å². The van der Waals surface area contributed by atoms with E-state index in [0.717, 1.165) is 0 Å². The summed E-state index contributed by atoms with van der Waals surface area (Å²) in [7, 11) is 1.74. The molecule has 19 heavy (non-hydrogen) atoms. The highest BCUT2D eigenvalue weighted by Crippen LogP contribution is 2.30. The van der Waals surface area contributed by atoms with Crippen LogP contribution < -0.4 is 4.90 Å². The molecule has 1 heterocycles. The van der Waals surface area contributed by atoms with E-state index in [1.165, 1.54) is 6.07 Å². The summed E-state index contributed by atoms with van der Waals surface area (Å²) in [5.74, 6) is -0.521. The number of aldehydes is 1. The molecule has 0 spiro atoms. The lowest BCUT2D eigenvalue weighted by molar-refractivity contribution is -0.136. The molecule has 0 bridgehead atoms. The maximum Gasteiger partial charge on any atom is 0.247 e. The van der Waals surface area contributed by atoms with Crippen LogP contribution in [0.1, 0.15) is 24.2 Å². The Labute approximate surface area is 111 Å². The van der Waals surface area contributed by atoms with E-state index in [-0.39, 0.29) is 5.91 Å². The van der Waals surface area contributed by atoms with E-state index in [9.17, 15) is 14.0 Å². The van der Waals surface area contributed by atoms with E-state index in [4.69, 9.17) is 0 Å². The molecule has 0 N–H and O–H groups in total. The van der Waals surface area contributed by atoms with Gasteiger partial charge in [0.2, 0.25) is 5.91 Å².